The molecular weight excluding hydrogens is 212 g/mol. The first-order chi connectivity index (χ1) is 7.93. The minimum Gasteiger partial charge on any atom is -0.385 e. The molecule has 0 radical (unpaired) electrons. The Balaban J connectivity index is 2.41. The van der Waals surface area contributed by atoms with Crippen molar-refractivity contribution in [2.24, 2.45) is 5.92 Å². The van der Waals surface area contributed by atoms with Gasteiger partial charge in [0.15, 0.2) is 0 Å². The van der Waals surface area contributed by atoms with Gasteiger partial charge in [0, 0.05) is 12.5 Å². The Labute approximate surface area is 104 Å². The number of aliphatic hydroxyl groups is 1. The first kappa shape index (κ1) is 12.6. The molecule has 1 aliphatic rings. The van der Waals surface area contributed by atoms with E-state index in [0.29, 0.717) is 6.61 Å². The molecule has 0 spiro atoms. The average Bonchev–Trinajstić information content (AvgIpc) is 2.77. The topological polar surface area (TPSA) is 29.5 Å². The molecule has 1 saturated heterocycles. The molecule has 17 heavy (non-hydrogen) atoms. The van der Waals surface area contributed by atoms with E-state index in [1.54, 1.807) is 0 Å². The van der Waals surface area contributed by atoms with Crippen molar-refractivity contribution < 1.29 is 9.84 Å². The van der Waals surface area contributed by atoms with Crippen LogP contribution in [0.3, 0.4) is 0 Å². The molecule has 2 unspecified atom stereocenters. The summed E-state index contributed by atoms with van der Waals surface area (Å²) in [4.78, 5) is 0. The van der Waals surface area contributed by atoms with Gasteiger partial charge in [-0.2, -0.15) is 0 Å². The number of hydrogen-bond donors (Lipinski definition) is 1. The Morgan fingerprint density at radius 2 is 1.82 bits per heavy atom. The van der Waals surface area contributed by atoms with E-state index in [-0.39, 0.29) is 5.92 Å². The lowest BCUT2D eigenvalue weighted by Crippen LogP contribution is -2.33. The quantitative estimate of drug-likeness (QED) is 0.852. The maximum atomic E-state index is 10.8. The van der Waals surface area contributed by atoms with Gasteiger partial charge in [-0.3, -0.25) is 0 Å². The van der Waals surface area contributed by atoms with Crippen LogP contribution >= 0.6 is 0 Å². The molecule has 2 nitrogen and oxygen atoms in total. The number of ether oxygens (including phenoxy) is 1. The summed E-state index contributed by atoms with van der Waals surface area (Å²) in [5.41, 5.74) is 3.97. The molecule has 1 N–H and O–H groups in total. The third kappa shape index (κ3) is 2.24. The maximum absolute atomic E-state index is 10.8. The second-order valence-electron chi connectivity index (χ2n) is 5.46. The lowest BCUT2D eigenvalue weighted by molar-refractivity contribution is -0.0103. The van der Waals surface area contributed by atoms with E-state index in [9.17, 15) is 5.11 Å². The van der Waals surface area contributed by atoms with Crippen LogP contribution in [0.2, 0.25) is 0 Å². The number of aryl methyl sites for hydroxylation is 3. The molecule has 1 heterocycles. The Morgan fingerprint density at radius 3 is 2.41 bits per heavy atom. The van der Waals surface area contributed by atoms with Gasteiger partial charge in [0.1, 0.15) is 0 Å². The molecular formula is C15H22O2. The zero-order chi connectivity index (χ0) is 12.6. The van der Waals surface area contributed by atoms with Crippen LogP contribution in [0.15, 0.2) is 12.1 Å². The largest absolute Gasteiger partial charge is 0.385 e. The van der Waals surface area contributed by atoms with E-state index in [1.807, 2.05) is 6.92 Å². The van der Waals surface area contributed by atoms with Gasteiger partial charge in [0.25, 0.3) is 0 Å². The normalized spacial score (nSPS) is 23.7. The summed E-state index contributed by atoms with van der Waals surface area (Å²) in [5.74, 6) is 0.211. The lowest BCUT2D eigenvalue weighted by atomic mass is 9.79. The standard InChI is InChI=1S/C15H22O2/c1-10-7-12(3)14(8-11(10)2)15(4,16)13-5-6-17-9-13/h7-8,13,16H,5-6,9H2,1-4H3. The summed E-state index contributed by atoms with van der Waals surface area (Å²) in [7, 11) is 0. The Morgan fingerprint density at radius 1 is 1.18 bits per heavy atom. The Hall–Kier alpha value is -0.860. The maximum Gasteiger partial charge on any atom is 0.0922 e. The van der Waals surface area contributed by atoms with Crippen molar-refractivity contribution in [1.82, 2.24) is 0 Å². The summed E-state index contributed by atoms with van der Waals surface area (Å²) >= 11 is 0. The first-order valence-corrected chi connectivity index (χ1v) is 6.31. The van der Waals surface area contributed by atoms with Gasteiger partial charge >= 0.3 is 0 Å². The minimum atomic E-state index is -0.779. The minimum absolute atomic E-state index is 0.211. The van der Waals surface area contributed by atoms with Gasteiger partial charge in [0.05, 0.1) is 12.2 Å². The van der Waals surface area contributed by atoms with Crippen molar-refractivity contribution in [3.05, 3.63) is 34.4 Å². The fourth-order valence-corrected chi connectivity index (χ4v) is 2.70. The molecule has 1 aromatic carbocycles. The van der Waals surface area contributed by atoms with Crippen molar-refractivity contribution in [1.29, 1.82) is 0 Å². The van der Waals surface area contributed by atoms with Crippen LogP contribution in [0.25, 0.3) is 0 Å². The van der Waals surface area contributed by atoms with Gasteiger partial charge in [-0.05, 0) is 56.4 Å². The molecule has 0 bridgehead atoms. The second kappa shape index (κ2) is 4.43. The SMILES string of the molecule is Cc1cc(C)c(C(C)(O)C2CCOC2)cc1C. The molecule has 2 atom stereocenters. The molecule has 1 aromatic rings. The predicted molar refractivity (Wildman–Crippen MR) is 69.1 cm³/mol. The zero-order valence-electron chi connectivity index (χ0n) is 11.2. The second-order valence-corrected chi connectivity index (χ2v) is 5.46. The smallest absolute Gasteiger partial charge is 0.0922 e. The van der Waals surface area contributed by atoms with Crippen LogP contribution in [-0.2, 0) is 10.3 Å². The van der Waals surface area contributed by atoms with Gasteiger partial charge in [0.2, 0.25) is 0 Å². The molecule has 2 rings (SSSR count). The third-order valence-corrected chi connectivity index (χ3v) is 4.11. The summed E-state index contributed by atoms with van der Waals surface area (Å²) in [6.45, 7) is 9.64. The van der Waals surface area contributed by atoms with Gasteiger partial charge in [-0.25, -0.2) is 0 Å². The van der Waals surface area contributed by atoms with E-state index < -0.39 is 5.60 Å². The van der Waals surface area contributed by atoms with E-state index in [4.69, 9.17) is 4.74 Å². The summed E-state index contributed by atoms with van der Waals surface area (Å²) < 4.78 is 5.40. The molecule has 0 saturated carbocycles. The fraction of sp³-hybridized carbons (Fsp3) is 0.600. The molecule has 1 aliphatic heterocycles. The monoisotopic (exact) mass is 234 g/mol. The van der Waals surface area contributed by atoms with Gasteiger partial charge in [-0.1, -0.05) is 12.1 Å². The lowest BCUT2D eigenvalue weighted by Gasteiger charge is -2.31. The van der Waals surface area contributed by atoms with Crippen LogP contribution in [-0.4, -0.2) is 18.3 Å². The molecule has 0 amide bonds. The Bertz CT molecular complexity index is 415. The summed E-state index contributed by atoms with van der Waals surface area (Å²) in [5, 5.41) is 10.8. The summed E-state index contributed by atoms with van der Waals surface area (Å²) in [6.07, 6.45) is 0.944. The van der Waals surface area contributed by atoms with Crippen LogP contribution < -0.4 is 0 Å². The van der Waals surface area contributed by atoms with Crippen molar-refractivity contribution >= 4 is 0 Å². The van der Waals surface area contributed by atoms with Crippen molar-refractivity contribution in [2.75, 3.05) is 13.2 Å². The van der Waals surface area contributed by atoms with E-state index in [0.717, 1.165) is 18.6 Å². The van der Waals surface area contributed by atoms with E-state index in [1.165, 1.54) is 16.7 Å². The first-order valence-electron chi connectivity index (χ1n) is 6.31. The summed E-state index contributed by atoms with van der Waals surface area (Å²) in [6, 6.07) is 4.29. The van der Waals surface area contributed by atoms with Gasteiger partial charge < -0.3 is 9.84 Å². The zero-order valence-corrected chi connectivity index (χ0v) is 11.2. The highest BCUT2D eigenvalue weighted by molar-refractivity contribution is 5.39. The van der Waals surface area contributed by atoms with E-state index >= 15 is 0 Å². The predicted octanol–water partition coefficient (Wildman–Crippen LogP) is 2.86. The molecule has 2 heteroatoms. The van der Waals surface area contributed by atoms with Crippen molar-refractivity contribution in [3.63, 3.8) is 0 Å². The van der Waals surface area contributed by atoms with Crippen molar-refractivity contribution in [2.45, 2.75) is 39.7 Å². The number of hydrogen-bond acceptors (Lipinski definition) is 2. The molecule has 0 aliphatic carbocycles. The van der Waals surface area contributed by atoms with Crippen LogP contribution in [0, 0.1) is 26.7 Å². The molecule has 0 aromatic heterocycles. The highest BCUT2D eigenvalue weighted by Gasteiger charge is 2.37. The highest BCUT2D eigenvalue weighted by Crippen LogP contribution is 2.37. The van der Waals surface area contributed by atoms with E-state index in [2.05, 4.69) is 32.9 Å². The number of rotatable bonds is 2. The fourth-order valence-electron chi connectivity index (χ4n) is 2.70. The Kier molecular flexibility index (Phi) is 3.28. The average molecular weight is 234 g/mol. The van der Waals surface area contributed by atoms with Crippen molar-refractivity contribution in [3.8, 4) is 0 Å². The third-order valence-electron chi connectivity index (χ3n) is 4.11. The number of benzene rings is 1. The molecule has 1 fully saturated rings. The highest BCUT2D eigenvalue weighted by atomic mass is 16.5. The van der Waals surface area contributed by atoms with Gasteiger partial charge in [-0.15, -0.1) is 0 Å². The van der Waals surface area contributed by atoms with Crippen LogP contribution in [0.1, 0.15) is 35.6 Å². The molecule has 94 valence electrons. The van der Waals surface area contributed by atoms with Crippen LogP contribution in [0.4, 0.5) is 0 Å². The van der Waals surface area contributed by atoms with Crippen LogP contribution in [0.5, 0.6) is 0 Å².